The number of halogens is 1. The van der Waals surface area contributed by atoms with Crippen molar-refractivity contribution < 1.29 is 4.42 Å². The Bertz CT molecular complexity index is 482. The van der Waals surface area contributed by atoms with Crippen LogP contribution in [0.1, 0.15) is 16.9 Å². The standard InChI is InChI=1S/C11H12ClN3O/c1-7-8(2)11(15-14-10(7)12)13-6-9-4-3-5-16-9/h3-5H,6H2,1-2H3,(H,13,15). The maximum Gasteiger partial charge on any atom is 0.155 e. The molecule has 0 aliphatic rings. The van der Waals surface area contributed by atoms with Crippen LogP contribution in [0.3, 0.4) is 0 Å². The van der Waals surface area contributed by atoms with Gasteiger partial charge in [0, 0.05) is 0 Å². The SMILES string of the molecule is Cc1c(Cl)nnc(NCc2ccco2)c1C. The van der Waals surface area contributed by atoms with Crippen molar-refractivity contribution in [3.8, 4) is 0 Å². The summed E-state index contributed by atoms with van der Waals surface area (Å²) in [5.41, 5.74) is 1.95. The number of furan rings is 1. The molecule has 2 heterocycles. The van der Waals surface area contributed by atoms with E-state index in [4.69, 9.17) is 16.0 Å². The van der Waals surface area contributed by atoms with Gasteiger partial charge in [-0.1, -0.05) is 11.6 Å². The number of nitrogens with zero attached hydrogens (tertiary/aromatic N) is 2. The van der Waals surface area contributed by atoms with E-state index in [1.165, 1.54) is 0 Å². The molecule has 2 aromatic heterocycles. The minimum Gasteiger partial charge on any atom is -0.467 e. The van der Waals surface area contributed by atoms with Gasteiger partial charge in [0.25, 0.3) is 0 Å². The van der Waals surface area contributed by atoms with Gasteiger partial charge in [-0.15, -0.1) is 10.2 Å². The summed E-state index contributed by atoms with van der Waals surface area (Å²) >= 11 is 5.87. The summed E-state index contributed by atoms with van der Waals surface area (Å²) in [5.74, 6) is 1.59. The Morgan fingerprint density at radius 1 is 1.31 bits per heavy atom. The Morgan fingerprint density at radius 2 is 2.12 bits per heavy atom. The first-order valence-electron chi connectivity index (χ1n) is 4.94. The van der Waals surface area contributed by atoms with Crippen molar-refractivity contribution >= 4 is 17.4 Å². The lowest BCUT2D eigenvalue weighted by Gasteiger charge is -2.08. The molecule has 1 N–H and O–H groups in total. The fraction of sp³-hybridized carbons (Fsp3) is 0.273. The van der Waals surface area contributed by atoms with E-state index in [9.17, 15) is 0 Å². The first-order valence-corrected chi connectivity index (χ1v) is 5.32. The fourth-order valence-electron chi connectivity index (χ4n) is 1.33. The molecule has 0 bridgehead atoms. The van der Waals surface area contributed by atoms with Crippen LogP contribution in [0.5, 0.6) is 0 Å². The summed E-state index contributed by atoms with van der Waals surface area (Å²) in [7, 11) is 0. The quantitative estimate of drug-likeness (QED) is 0.892. The van der Waals surface area contributed by atoms with Gasteiger partial charge >= 0.3 is 0 Å². The molecule has 16 heavy (non-hydrogen) atoms. The van der Waals surface area contributed by atoms with Gasteiger partial charge in [0.1, 0.15) is 5.76 Å². The number of aromatic nitrogens is 2. The van der Waals surface area contributed by atoms with E-state index in [2.05, 4.69) is 15.5 Å². The van der Waals surface area contributed by atoms with E-state index in [0.29, 0.717) is 11.7 Å². The molecule has 0 spiro atoms. The Kier molecular flexibility index (Phi) is 3.10. The molecule has 0 saturated carbocycles. The maximum absolute atomic E-state index is 5.87. The van der Waals surface area contributed by atoms with Crippen LogP contribution in [-0.4, -0.2) is 10.2 Å². The van der Waals surface area contributed by atoms with Crippen molar-refractivity contribution in [2.75, 3.05) is 5.32 Å². The molecule has 0 aliphatic heterocycles. The average Bonchev–Trinajstić information content (AvgIpc) is 2.78. The molecule has 0 aliphatic carbocycles. The second-order valence-electron chi connectivity index (χ2n) is 3.52. The monoisotopic (exact) mass is 237 g/mol. The zero-order valence-electron chi connectivity index (χ0n) is 9.12. The van der Waals surface area contributed by atoms with Crippen molar-refractivity contribution in [2.45, 2.75) is 20.4 Å². The van der Waals surface area contributed by atoms with E-state index in [0.717, 1.165) is 22.7 Å². The van der Waals surface area contributed by atoms with Crippen LogP contribution >= 0.6 is 11.6 Å². The first-order chi connectivity index (χ1) is 7.68. The average molecular weight is 238 g/mol. The van der Waals surface area contributed by atoms with Crippen molar-refractivity contribution in [1.82, 2.24) is 10.2 Å². The fourth-order valence-corrected chi connectivity index (χ4v) is 1.51. The van der Waals surface area contributed by atoms with Gasteiger partial charge in [-0.25, -0.2) is 0 Å². The van der Waals surface area contributed by atoms with Gasteiger partial charge in [0.05, 0.1) is 12.8 Å². The van der Waals surface area contributed by atoms with Crippen LogP contribution in [0.15, 0.2) is 22.8 Å². The molecule has 0 saturated heterocycles. The number of nitrogens with one attached hydrogen (secondary N) is 1. The molecule has 0 aromatic carbocycles. The highest BCUT2D eigenvalue weighted by Gasteiger charge is 2.07. The zero-order valence-corrected chi connectivity index (χ0v) is 9.88. The zero-order chi connectivity index (χ0) is 11.5. The predicted molar refractivity (Wildman–Crippen MR) is 62.6 cm³/mol. The van der Waals surface area contributed by atoms with E-state index >= 15 is 0 Å². The van der Waals surface area contributed by atoms with Crippen LogP contribution in [0.2, 0.25) is 5.15 Å². The van der Waals surface area contributed by atoms with Crippen LogP contribution in [-0.2, 0) is 6.54 Å². The number of rotatable bonds is 3. The Hall–Kier alpha value is -1.55. The molecule has 2 aromatic rings. The first kappa shape index (κ1) is 11.0. The highest BCUT2D eigenvalue weighted by Crippen LogP contribution is 2.20. The van der Waals surface area contributed by atoms with Crippen molar-refractivity contribution in [2.24, 2.45) is 0 Å². The molecule has 0 fully saturated rings. The highest BCUT2D eigenvalue weighted by molar-refractivity contribution is 6.30. The van der Waals surface area contributed by atoms with Crippen LogP contribution in [0, 0.1) is 13.8 Å². The summed E-state index contributed by atoms with van der Waals surface area (Å²) in [4.78, 5) is 0. The molecule has 5 heteroatoms. The molecule has 4 nitrogen and oxygen atoms in total. The smallest absolute Gasteiger partial charge is 0.155 e. The molecular formula is C11H12ClN3O. The predicted octanol–water partition coefficient (Wildman–Crippen LogP) is 2.95. The normalized spacial score (nSPS) is 10.4. The van der Waals surface area contributed by atoms with Gasteiger partial charge in [-0.2, -0.15) is 0 Å². The van der Waals surface area contributed by atoms with E-state index < -0.39 is 0 Å². The number of hydrogen-bond donors (Lipinski definition) is 1. The van der Waals surface area contributed by atoms with Crippen molar-refractivity contribution in [1.29, 1.82) is 0 Å². The third-order valence-corrected chi connectivity index (χ3v) is 2.83. The molecule has 2 rings (SSSR count). The topological polar surface area (TPSA) is 51.0 Å². The molecule has 84 valence electrons. The van der Waals surface area contributed by atoms with Gasteiger partial charge in [-0.3, -0.25) is 0 Å². The molecule has 0 unspecified atom stereocenters. The number of anilines is 1. The van der Waals surface area contributed by atoms with Crippen molar-refractivity contribution in [3.05, 3.63) is 40.4 Å². The largest absolute Gasteiger partial charge is 0.467 e. The van der Waals surface area contributed by atoms with E-state index in [1.807, 2.05) is 26.0 Å². The Labute approximate surface area is 98.6 Å². The van der Waals surface area contributed by atoms with Gasteiger partial charge < -0.3 is 9.73 Å². The Balaban J connectivity index is 2.13. The van der Waals surface area contributed by atoms with Crippen LogP contribution < -0.4 is 5.32 Å². The lowest BCUT2D eigenvalue weighted by molar-refractivity contribution is 0.517. The second-order valence-corrected chi connectivity index (χ2v) is 3.88. The van der Waals surface area contributed by atoms with E-state index in [1.54, 1.807) is 6.26 Å². The minimum atomic E-state index is 0.445. The molecule has 0 atom stereocenters. The number of hydrogen-bond acceptors (Lipinski definition) is 4. The second kappa shape index (κ2) is 4.53. The Morgan fingerprint density at radius 3 is 2.81 bits per heavy atom. The van der Waals surface area contributed by atoms with Crippen molar-refractivity contribution in [3.63, 3.8) is 0 Å². The summed E-state index contributed by atoms with van der Waals surface area (Å²) in [6, 6.07) is 3.75. The maximum atomic E-state index is 5.87. The van der Waals surface area contributed by atoms with Crippen LogP contribution in [0.25, 0.3) is 0 Å². The van der Waals surface area contributed by atoms with E-state index in [-0.39, 0.29) is 0 Å². The third-order valence-electron chi connectivity index (χ3n) is 2.48. The molecule has 0 amide bonds. The van der Waals surface area contributed by atoms with Gasteiger partial charge in [-0.05, 0) is 37.1 Å². The van der Waals surface area contributed by atoms with Crippen LogP contribution in [0.4, 0.5) is 5.82 Å². The molecular weight excluding hydrogens is 226 g/mol. The summed E-state index contributed by atoms with van der Waals surface area (Å²) in [6.45, 7) is 4.47. The third kappa shape index (κ3) is 2.17. The summed E-state index contributed by atoms with van der Waals surface area (Å²) in [6.07, 6.45) is 1.64. The minimum absolute atomic E-state index is 0.445. The summed E-state index contributed by atoms with van der Waals surface area (Å²) in [5, 5.41) is 11.5. The molecule has 0 radical (unpaired) electrons. The lowest BCUT2D eigenvalue weighted by atomic mass is 10.2. The lowest BCUT2D eigenvalue weighted by Crippen LogP contribution is -2.05. The highest BCUT2D eigenvalue weighted by atomic mass is 35.5. The summed E-state index contributed by atoms with van der Waals surface area (Å²) < 4.78 is 5.21. The van der Waals surface area contributed by atoms with Gasteiger partial charge in [0.15, 0.2) is 11.0 Å². The van der Waals surface area contributed by atoms with Gasteiger partial charge in [0.2, 0.25) is 0 Å².